The van der Waals surface area contributed by atoms with Gasteiger partial charge in [-0.25, -0.2) is 0 Å². The van der Waals surface area contributed by atoms with Crippen molar-refractivity contribution in [2.75, 3.05) is 20.2 Å². The van der Waals surface area contributed by atoms with Crippen molar-refractivity contribution in [3.8, 4) is 5.75 Å². The van der Waals surface area contributed by atoms with Gasteiger partial charge in [-0.15, -0.1) is 0 Å². The van der Waals surface area contributed by atoms with Crippen LogP contribution in [0.5, 0.6) is 5.75 Å². The SMILES string of the molecule is CN=C(NCCCOc1ccc2ccccc2c1)NCc1cccc(C(N)=O)c1. The summed E-state index contributed by atoms with van der Waals surface area (Å²) in [4.78, 5) is 15.5. The Hall–Kier alpha value is -3.54. The van der Waals surface area contributed by atoms with Gasteiger partial charge >= 0.3 is 0 Å². The molecular formula is C23H26N4O2. The third-order valence-corrected chi connectivity index (χ3v) is 4.50. The van der Waals surface area contributed by atoms with Crippen molar-refractivity contribution in [3.05, 3.63) is 77.9 Å². The number of nitrogens with zero attached hydrogens (tertiary/aromatic N) is 1. The molecule has 3 aromatic rings. The summed E-state index contributed by atoms with van der Waals surface area (Å²) in [5, 5.41) is 8.87. The van der Waals surface area contributed by atoms with Crippen molar-refractivity contribution in [1.29, 1.82) is 0 Å². The van der Waals surface area contributed by atoms with E-state index in [9.17, 15) is 4.79 Å². The summed E-state index contributed by atoms with van der Waals surface area (Å²) >= 11 is 0. The highest BCUT2D eigenvalue weighted by molar-refractivity contribution is 5.92. The maximum Gasteiger partial charge on any atom is 0.248 e. The van der Waals surface area contributed by atoms with Gasteiger partial charge in [-0.2, -0.15) is 0 Å². The largest absolute Gasteiger partial charge is 0.494 e. The topological polar surface area (TPSA) is 88.7 Å². The molecule has 1 amide bonds. The predicted molar refractivity (Wildman–Crippen MR) is 117 cm³/mol. The molecule has 0 heterocycles. The normalized spacial score (nSPS) is 11.3. The number of primary amides is 1. The van der Waals surface area contributed by atoms with Crippen LogP contribution in [-0.2, 0) is 6.54 Å². The number of aliphatic imine (C=N–C) groups is 1. The third kappa shape index (κ3) is 5.97. The second kappa shape index (κ2) is 10.1. The van der Waals surface area contributed by atoms with Crippen molar-refractivity contribution in [3.63, 3.8) is 0 Å². The molecule has 4 N–H and O–H groups in total. The molecule has 0 saturated heterocycles. The molecule has 0 aliphatic heterocycles. The molecule has 0 aliphatic rings. The van der Waals surface area contributed by atoms with Gasteiger partial charge in [-0.3, -0.25) is 9.79 Å². The molecule has 0 aliphatic carbocycles. The van der Waals surface area contributed by atoms with Gasteiger partial charge in [0.15, 0.2) is 5.96 Å². The predicted octanol–water partition coefficient (Wildman–Crippen LogP) is 3.07. The van der Waals surface area contributed by atoms with Crippen LogP contribution >= 0.6 is 0 Å². The molecule has 0 saturated carbocycles. The maximum absolute atomic E-state index is 11.3. The lowest BCUT2D eigenvalue weighted by atomic mass is 10.1. The van der Waals surface area contributed by atoms with E-state index < -0.39 is 5.91 Å². The first-order chi connectivity index (χ1) is 14.2. The van der Waals surface area contributed by atoms with Crippen LogP contribution in [-0.4, -0.2) is 32.1 Å². The number of hydrogen-bond donors (Lipinski definition) is 3. The van der Waals surface area contributed by atoms with Crippen LogP contribution in [0.15, 0.2) is 71.7 Å². The molecule has 6 nitrogen and oxygen atoms in total. The smallest absolute Gasteiger partial charge is 0.248 e. The maximum atomic E-state index is 11.3. The minimum Gasteiger partial charge on any atom is -0.494 e. The Bertz CT molecular complexity index is 1000. The first-order valence-corrected chi connectivity index (χ1v) is 9.60. The van der Waals surface area contributed by atoms with E-state index in [-0.39, 0.29) is 0 Å². The van der Waals surface area contributed by atoms with Crippen LogP contribution in [0.1, 0.15) is 22.3 Å². The molecule has 29 heavy (non-hydrogen) atoms. The highest BCUT2D eigenvalue weighted by Crippen LogP contribution is 2.20. The van der Waals surface area contributed by atoms with E-state index in [0.717, 1.165) is 24.3 Å². The van der Waals surface area contributed by atoms with Crippen LogP contribution < -0.4 is 21.1 Å². The number of fused-ring (bicyclic) bond motifs is 1. The summed E-state index contributed by atoms with van der Waals surface area (Å²) in [5.74, 6) is 1.14. The minimum atomic E-state index is -0.430. The number of nitrogens with one attached hydrogen (secondary N) is 2. The highest BCUT2D eigenvalue weighted by atomic mass is 16.5. The van der Waals surface area contributed by atoms with E-state index in [2.05, 4.69) is 39.9 Å². The Morgan fingerprint density at radius 3 is 2.62 bits per heavy atom. The highest BCUT2D eigenvalue weighted by Gasteiger charge is 2.03. The lowest BCUT2D eigenvalue weighted by Crippen LogP contribution is -2.37. The van der Waals surface area contributed by atoms with Crippen LogP contribution in [0.3, 0.4) is 0 Å². The number of carbonyl (C=O) groups excluding carboxylic acids is 1. The Morgan fingerprint density at radius 1 is 1.00 bits per heavy atom. The first-order valence-electron chi connectivity index (χ1n) is 9.60. The average Bonchev–Trinajstić information content (AvgIpc) is 2.75. The number of hydrogen-bond acceptors (Lipinski definition) is 3. The lowest BCUT2D eigenvalue weighted by Gasteiger charge is -2.13. The van der Waals surface area contributed by atoms with Gasteiger partial charge < -0.3 is 21.1 Å². The fraction of sp³-hybridized carbons (Fsp3) is 0.217. The molecular weight excluding hydrogens is 364 g/mol. The summed E-state index contributed by atoms with van der Waals surface area (Å²) in [6.45, 7) is 1.89. The monoisotopic (exact) mass is 390 g/mol. The molecule has 6 heteroatoms. The quantitative estimate of drug-likeness (QED) is 0.313. The Balaban J connectivity index is 1.39. The van der Waals surface area contributed by atoms with Gasteiger partial charge in [-0.1, -0.05) is 42.5 Å². The summed E-state index contributed by atoms with van der Waals surface area (Å²) in [6.07, 6.45) is 0.838. The number of carbonyl (C=O) groups is 1. The molecule has 0 unspecified atom stereocenters. The minimum absolute atomic E-state index is 0.430. The van der Waals surface area contributed by atoms with E-state index in [4.69, 9.17) is 10.5 Å². The lowest BCUT2D eigenvalue weighted by molar-refractivity contribution is 0.1000. The van der Waals surface area contributed by atoms with Crippen molar-refractivity contribution in [2.24, 2.45) is 10.7 Å². The number of nitrogens with two attached hydrogens (primary N) is 1. The van der Waals surface area contributed by atoms with Crippen LogP contribution in [0, 0.1) is 0 Å². The number of amides is 1. The van der Waals surface area contributed by atoms with E-state index in [0.29, 0.717) is 24.7 Å². The van der Waals surface area contributed by atoms with Gasteiger partial charge in [-0.05, 0) is 47.0 Å². The molecule has 0 aromatic heterocycles. The van der Waals surface area contributed by atoms with Crippen LogP contribution in [0.25, 0.3) is 10.8 Å². The first kappa shape index (κ1) is 20.2. The van der Waals surface area contributed by atoms with Crippen LogP contribution in [0.4, 0.5) is 0 Å². The molecule has 0 fully saturated rings. The third-order valence-electron chi connectivity index (χ3n) is 4.50. The van der Waals surface area contributed by atoms with Gasteiger partial charge in [0, 0.05) is 25.7 Å². The van der Waals surface area contributed by atoms with Crippen molar-refractivity contribution in [1.82, 2.24) is 10.6 Å². The van der Waals surface area contributed by atoms with E-state index >= 15 is 0 Å². The van der Waals surface area contributed by atoms with Crippen molar-refractivity contribution >= 4 is 22.6 Å². The Morgan fingerprint density at radius 2 is 1.83 bits per heavy atom. The molecule has 150 valence electrons. The molecule has 0 radical (unpaired) electrons. The molecule has 0 atom stereocenters. The van der Waals surface area contributed by atoms with Crippen LogP contribution in [0.2, 0.25) is 0 Å². The van der Waals surface area contributed by atoms with E-state index in [1.165, 1.54) is 10.8 Å². The zero-order valence-electron chi connectivity index (χ0n) is 16.5. The molecule has 0 spiro atoms. The second-order valence-corrected chi connectivity index (χ2v) is 6.63. The van der Waals surface area contributed by atoms with E-state index in [1.54, 1.807) is 19.2 Å². The Labute approximate surface area is 170 Å². The van der Waals surface area contributed by atoms with Crippen molar-refractivity contribution < 1.29 is 9.53 Å². The van der Waals surface area contributed by atoms with Gasteiger partial charge in [0.25, 0.3) is 0 Å². The number of ether oxygens (including phenoxy) is 1. The zero-order chi connectivity index (χ0) is 20.5. The number of guanidine groups is 1. The summed E-state index contributed by atoms with van der Waals surface area (Å²) < 4.78 is 5.85. The van der Waals surface area contributed by atoms with E-state index in [1.807, 2.05) is 30.3 Å². The fourth-order valence-corrected chi connectivity index (χ4v) is 2.97. The standard InChI is InChI=1S/C23H26N4O2/c1-25-23(27-16-17-6-4-9-20(14-17)22(24)28)26-12-5-13-29-21-11-10-18-7-2-3-8-19(18)15-21/h2-4,6-11,14-15H,5,12-13,16H2,1H3,(H2,24,28)(H2,25,26,27). The summed E-state index contributed by atoms with van der Waals surface area (Å²) in [7, 11) is 1.72. The Kier molecular flexibility index (Phi) is 7.05. The number of rotatable bonds is 8. The number of benzene rings is 3. The van der Waals surface area contributed by atoms with Crippen molar-refractivity contribution in [2.45, 2.75) is 13.0 Å². The second-order valence-electron chi connectivity index (χ2n) is 6.63. The zero-order valence-corrected chi connectivity index (χ0v) is 16.5. The summed E-state index contributed by atoms with van der Waals surface area (Å²) in [5.41, 5.74) is 6.78. The molecule has 3 aromatic carbocycles. The van der Waals surface area contributed by atoms with Gasteiger partial charge in [0.2, 0.25) is 5.91 Å². The summed E-state index contributed by atoms with van der Waals surface area (Å²) in [6, 6.07) is 21.6. The fourth-order valence-electron chi connectivity index (χ4n) is 2.97. The molecule has 3 rings (SSSR count). The average molecular weight is 390 g/mol. The van der Waals surface area contributed by atoms with Gasteiger partial charge in [0.05, 0.1) is 6.61 Å². The van der Waals surface area contributed by atoms with Gasteiger partial charge in [0.1, 0.15) is 5.75 Å². The molecule has 0 bridgehead atoms.